The highest BCUT2D eigenvalue weighted by Gasteiger charge is 2.44. The summed E-state index contributed by atoms with van der Waals surface area (Å²) < 4.78 is 6.94. The lowest BCUT2D eigenvalue weighted by Gasteiger charge is -2.18. The highest BCUT2D eigenvalue weighted by Crippen LogP contribution is 2.32. The number of nitrogens with zero attached hydrogens (tertiary/aromatic N) is 6. The highest BCUT2D eigenvalue weighted by atomic mass is 16.6. The van der Waals surface area contributed by atoms with Crippen LogP contribution in [0.25, 0.3) is 11.2 Å². The number of carbonyl (C=O) groups is 1. The molecular weight excluding hydrogens is 372 g/mol. The first-order valence-electron chi connectivity index (χ1n) is 8.60. The number of aliphatic hydroxyl groups is 3. The first-order valence-corrected chi connectivity index (χ1v) is 8.60. The molecule has 1 saturated heterocycles. The van der Waals surface area contributed by atoms with Gasteiger partial charge in [-0.2, -0.15) is 15.1 Å². The second kappa shape index (κ2) is 6.94. The van der Waals surface area contributed by atoms with Gasteiger partial charge in [0.2, 0.25) is 11.9 Å². The highest BCUT2D eigenvalue weighted by molar-refractivity contribution is 5.95. The van der Waals surface area contributed by atoms with Gasteiger partial charge in [-0.1, -0.05) is 0 Å². The van der Waals surface area contributed by atoms with Crippen molar-refractivity contribution in [1.82, 2.24) is 24.8 Å². The number of nitrogens with two attached hydrogens (primary N) is 1. The first kappa shape index (κ1) is 18.5. The lowest BCUT2D eigenvalue weighted by molar-refractivity contribution is -0.122. The van der Waals surface area contributed by atoms with E-state index in [1.54, 1.807) is 7.05 Å². The van der Waals surface area contributed by atoms with Gasteiger partial charge in [0.1, 0.15) is 23.8 Å². The van der Waals surface area contributed by atoms with E-state index in [0.29, 0.717) is 0 Å². The predicted octanol–water partition coefficient (Wildman–Crippen LogP) is -2.81. The Labute approximate surface area is 158 Å². The van der Waals surface area contributed by atoms with Crippen molar-refractivity contribution in [3.8, 4) is 0 Å². The number of aromatic nitrogens is 4. The van der Waals surface area contributed by atoms with Gasteiger partial charge in [0.15, 0.2) is 17.7 Å². The molecule has 2 aliphatic rings. The second-order valence-electron chi connectivity index (χ2n) is 6.53. The normalized spacial score (nSPS) is 29.7. The molecule has 28 heavy (non-hydrogen) atoms. The summed E-state index contributed by atoms with van der Waals surface area (Å²) in [6, 6.07) is 0. The van der Waals surface area contributed by atoms with E-state index in [0.717, 1.165) is 0 Å². The summed E-state index contributed by atoms with van der Waals surface area (Å²) in [5, 5.41) is 37.7. The number of anilines is 2. The number of ether oxygens (including phenoxy) is 1. The number of hydrazone groups is 1. The largest absolute Gasteiger partial charge is 0.394 e. The molecule has 2 aromatic rings. The van der Waals surface area contributed by atoms with Crippen molar-refractivity contribution in [2.24, 2.45) is 11.0 Å². The topological polar surface area (TPSA) is 184 Å². The number of rotatable bonds is 4. The van der Waals surface area contributed by atoms with Crippen LogP contribution >= 0.6 is 0 Å². The summed E-state index contributed by atoms with van der Waals surface area (Å²) in [4.78, 5) is 24.5. The van der Waals surface area contributed by atoms with Crippen molar-refractivity contribution in [2.45, 2.75) is 24.5 Å². The van der Waals surface area contributed by atoms with E-state index in [-0.39, 0.29) is 35.4 Å². The molecule has 2 aliphatic heterocycles. The Morgan fingerprint density at radius 3 is 2.86 bits per heavy atom. The van der Waals surface area contributed by atoms with Crippen LogP contribution in [0, 0.1) is 5.92 Å². The van der Waals surface area contributed by atoms with Crippen molar-refractivity contribution in [1.29, 1.82) is 0 Å². The SMILES string of the molecule is CNC(=O)C1C=NN(c2nc(N)c3ncn([C@@H]4O[C@H](CO)[C@@H](O)[C@H]4O)c3n2)C1. The zero-order valence-electron chi connectivity index (χ0n) is 14.9. The molecule has 5 atom stereocenters. The van der Waals surface area contributed by atoms with Crippen LogP contribution in [0.1, 0.15) is 6.23 Å². The average molecular weight is 392 g/mol. The van der Waals surface area contributed by atoms with Crippen LogP contribution < -0.4 is 16.1 Å². The molecule has 4 rings (SSSR count). The maximum Gasteiger partial charge on any atom is 0.250 e. The van der Waals surface area contributed by atoms with Crippen LogP contribution in [-0.4, -0.2) is 85.5 Å². The van der Waals surface area contributed by atoms with Crippen molar-refractivity contribution in [3.63, 3.8) is 0 Å². The first-order chi connectivity index (χ1) is 13.4. The Morgan fingerprint density at radius 2 is 2.18 bits per heavy atom. The van der Waals surface area contributed by atoms with Gasteiger partial charge >= 0.3 is 0 Å². The van der Waals surface area contributed by atoms with E-state index in [2.05, 4.69) is 25.4 Å². The number of nitrogens with one attached hydrogen (secondary N) is 1. The molecule has 1 unspecified atom stereocenters. The summed E-state index contributed by atoms with van der Waals surface area (Å²) in [6.45, 7) is -0.209. The zero-order chi connectivity index (χ0) is 20.0. The molecule has 0 saturated carbocycles. The van der Waals surface area contributed by atoms with E-state index in [4.69, 9.17) is 10.5 Å². The van der Waals surface area contributed by atoms with Gasteiger partial charge in [-0.15, -0.1) is 0 Å². The third-order valence-electron chi connectivity index (χ3n) is 4.80. The molecule has 0 radical (unpaired) electrons. The number of fused-ring (bicyclic) bond motifs is 1. The predicted molar refractivity (Wildman–Crippen MR) is 96.1 cm³/mol. The van der Waals surface area contributed by atoms with Crippen LogP contribution in [0.15, 0.2) is 11.4 Å². The second-order valence-corrected chi connectivity index (χ2v) is 6.53. The maximum absolute atomic E-state index is 11.8. The van der Waals surface area contributed by atoms with Crippen molar-refractivity contribution >= 4 is 35.1 Å². The number of hydrogen-bond acceptors (Lipinski definition) is 11. The summed E-state index contributed by atoms with van der Waals surface area (Å²) in [7, 11) is 1.54. The van der Waals surface area contributed by atoms with E-state index in [1.165, 1.54) is 22.1 Å². The lowest BCUT2D eigenvalue weighted by Crippen LogP contribution is -2.33. The Bertz CT molecular complexity index is 933. The lowest BCUT2D eigenvalue weighted by atomic mass is 10.1. The minimum atomic E-state index is -1.29. The average Bonchev–Trinajstić information content (AvgIpc) is 3.40. The van der Waals surface area contributed by atoms with Crippen LogP contribution in [0.3, 0.4) is 0 Å². The molecule has 0 aromatic carbocycles. The Hall–Kier alpha value is -2.87. The summed E-state index contributed by atoms with van der Waals surface area (Å²) in [6.07, 6.45) is -1.65. The Kier molecular flexibility index (Phi) is 4.58. The molecule has 4 heterocycles. The minimum absolute atomic E-state index is 0.0871. The van der Waals surface area contributed by atoms with Crippen LogP contribution in [0.4, 0.5) is 11.8 Å². The molecule has 6 N–H and O–H groups in total. The van der Waals surface area contributed by atoms with E-state index in [1.807, 2.05) is 0 Å². The summed E-state index contributed by atoms with van der Waals surface area (Å²) >= 11 is 0. The standard InChI is InChI=1S/C15H20N8O5/c1-17-13(27)6-2-19-23(3-6)15-20-11(16)8-12(21-15)22(5-18-8)14-10(26)9(25)7(4-24)28-14/h2,5-7,9-10,14,24-26H,3-4H2,1H3,(H,17,27)(H2,16,20,21)/t6?,7-,9-,10-,14-/m1/s1. The Morgan fingerprint density at radius 1 is 1.39 bits per heavy atom. The fourth-order valence-electron chi connectivity index (χ4n) is 3.25. The molecule has 0 spiro atoms. The molecule has 0 aliphatic carbocycles. The van der Waals surface area contributed by atoms with Gasteiger partial charge in [0.05, 0.1) is 25.4 Å². The van der Waals surface area contributed by atoms with Gasteiger partial charge < -0.3 is 31.1 Å². The molecule has 13 heteroatoms. The molecule has 1 amide bonds. The molecular formula is C15H20N8O5. The van der Waals surface area contributed by atoms with Gasteiger partial charge in [0, 0.05) is 13.3 Å². The molecule has 0 bridgehead atoms. The smallest absolute Gasteiger partial charge is 0.250 e. The minimum Gasteiger partial charge on any atom is -0.394 e. The van der Waals surface area contributed by atoms with Crippen LogP contribution in [-0.2, 0) is 9.53 Å². The number of hydrogen-bond donors (Lipinski definition) is 5. The third kappa shape index (κ3) is 2.84. The molecule has 13 nitrogen and oxygen atoms in total. The van der Waals surface area contributed by atoms with Crippen molar-refractivity contribution in [3.05, 3.63) is 6.33 Å². The maximum atomic E-state index is 11.8. The van der Waals surface area contributed by atoms with E-state index in [9.17, 15) is 20.1 Å². The fraction of sp³-hybridized carbons (Fsp3) is 0.533. The number of imidazole rings is 1. The monoisotopic (exact) mass is 392 g/mol. The number of nitrogen functional groups attached to an aromatic ring is 1. The van der Waals surface area contributed by atoms with E-state index < -0.39 is 37.1 Å². The van der Waals surface area contributed by atoms with Crippen LogP contribution in [0.2, 0.25) is 0 Å². The number of aliphatic hydroxyl groups excluding tert-OH is 3. The third-order valence-corrected chi connectivity index (χ3v) is 4.80. The number of amides is 1. The molecule has 1 fully saturated rings. The Balaban J connectivity index is 1.68. The summed E-state index contributed by atoms with van der Waals surface area (Å²) in [5.74, 6) is -0.391. The number of carbonyl (C=O) groups excluding carboxylic acids is 1. The quantitative estimate of drug-likeness (QED) is 0.364. The zero-order valence-corrected chi connectivity index (χ0v) is 14.9. The summed E-state index contributed by atoms with van der Waals surface area (Å²) in [5.41, 5.74) is 6.54. The van der Waals surface area contributed by atoms with Gasteiger partial charge in [0.25, 0.3) is 0 Å². The van der Waals surface area contributed by atoms with Crippen molar-refractivity contribution < 1.29 is 24.9 Å². The van der Waals surface area contributed by atoms with Gasteiger partial charge in [-0.05, 0) is 0 Å². The van der Waals surface area contributed by atoms with Crippen LogP contribution in [0.5, 0.6) is 0 Å². The van der Waals surface area contributed by atoms with Crippen molar-refractivity contribution in [2.75, 3.05) is 30.9 Å². The molecule has 2 aromatic heterocycles. The fourth-order valence-corrected chi connectivity index (χ4v) is 3.25. The van der Waals surface area contributed by atoms with E-state index >= 15 is 0 Å². The van der Waals surface area contributed by atoms with Gasteiger partial charge in [-0.3, -0.25) is 9.36 Å². The van der Waals surface area contributed by atoms with Gasteiger partial charge in [-0.25, -0.2) is 9.99 Å². The molecule has 150 valence electrons.